The van der Waals surface area contributed by atoms with E-state index in [0.29, 0.717) is 55.1 Å². The van der Waals surface area contributed by atoms with Crippen LogP contribution in [0.25, 0.3) is 0 Å². The van der Waals surface area contributed by atoms with Gasteiger partial charge in [0.2, 0.25) is 0 Å². The van der Waals surface area contributed by atoms with Crippen molar-refractivity contribution in [2.45, 2.75) is 6.92 Å². The van der Waals surface area contributed by atoms with E-state index < -0.39 is 0 Å². The van der Waals surface area contributed by atoms with E-state index in [1.807, 2.05) is 0 Å². The molecule has 2 rings (SSSR count). The molecule has 0 atom stereocenters. The van der Waals surface area contributed by atoms with Crippen molar-refractivity contribution in [1.29, 1.82) is 0 Å². The zero-order chi connectivity index (χ0) is 16.8. The van der Waals surface area contributed by atoms with Crippen LogP contribution in [0, 0.1) is 0 Å². The van der Waals surface area contributed by atoms with Gasteiger partial charge >= 0.3 is 6.09 Å². The molecule has 1 aromatic rings. The van der Waals surface area contributed by atoms with Crippen LogP contribution >= 0.6 is 23.2 Å². The number of benzene rings is 1. The molecule has 1 aliphatic rings. The van der Waals surface area contributed by atoms with Gasteiger partial charge in [0.1, 0.15) is 0 Å². The Bertz CT molecular complexity index is 575. The summed E-state index contributed by atoms with van der Waals surface area (Å²) < 4.78 is 4.97. The highest BCUT2D eigenvalue weighted by Crippen LogP contribution is 2.25. The van der Waals surface area contributed by atoms with Gasteiger partial charge < -0.3 is 15.0 Å². The van der Waals surface area contributed by atoms with Gasteiger partial charge in [0.25, 0.3) is 5.91 Å². The minimum absolute atomic E-state index is 0.131. The van der Waals surface area contributed by atoms with Gasteiger partial charge in [-0.2, -0.15) is 0 Å². The minimum Gasteiger partial charge on any atom is -0.450 e. The van der Waals surface area contributed by atoms with Crippen LogP contribution in [0.4, 0.5) is 10.5 Å². The summed E-state index contributed by atoms with van der Waals surface area (Å²) in [6.07, 6.45) is -0.290. The molecule has 126 valence electrons. The number of carbonyl (C=O) groups excluding carboxylic acids is 2. The first-order chi connectivity index (χ1) is 11.0. The lowest BCUT2D eigenvalue weighted by Crippen LogP contribution is -3.15. The van der Waals surface area contributed by atoms with Crippen molar-refractivity contribution in [3.63, 3.8) is 0 Å². The van der Waals surface area contributed by atoms with Gasteiger partial charge in [0.15, 0.2) is 6.54 Å². The van der Waals surface area contributed by atoms with E-state index in [1.165, 1.54) is 0 Å². The van der Waals surface area contributed by atoms with Gasteiger partial charge in [-0.05, 0) is 25.1 Å². The zero-order valence-electron chi connectivity index (χ0n) is 12.9. The Balaban J connectivity index is 1.81. The van der Waals surface area contributed by atoms with Gasteiger partial charge in [-0.1, -0.05) is 23.2 Å². The van der Waals surface area contributed by atoms with E-state index in [-0.39, 0.29) is 12.0 Å². The number of nitrogens with zero attached hydrogens (tertiary/aromatic N) is 1. The van der Waals surface area contributed by atoms with E-state index in [4.69, 9.17) is 27.9 Å². The summed E-state index contributed by atoms with van der Waals surface area (Å²) in [6.45, 7) is 5.04. The summed E-state index contributed by atoms with van der Waals surface area (Å²) in [4.78, 5) is 26.5. The fraction of sp³-hybridized carbons (Fsp3) is 0.467. The molecule has 8 heteroatoms. The van der Waals surface area contributed by atoms with Crippen LogP contribution in [0.15, 0.2) is 18.2 Å². The van der Waals surface area contributed by atoms with E-state index >= 15 is 0 Å². The Kier molecular flexibility index (Phi) is 6.50. The van der Waals surface area contributed by atoms with Crippen LogP contribution in [0.5, 0.6) is 0 Å². The van der Waals surface area contributed by atoms with Crippen molar-refractivity contribution in [2.75, 3.05) is 44.6 Å². The first kappa shape index (κ1) is 17.8. The molecule has 0 unspecified atom stereocenters. The number of ether oxygens (including phenoxy) is 1. The van der Waals surface area contributed by atoms with Crippen LogP contribution in [-0.2, 0) is 9.53 Å². The van der Waals surface area contributed by atoms with E-state index in [2.05, 4.69) is 5.32 Å². The van der Waals surface area contributed by atoms with Crippen molar-refractivity contribution >= 4 is 40.9 Å². The number of amides is 2. The first-order valence-electron chi connectivity index (χ1n) is 7.49. The Morgan fingerprint density at radius 3 is 2.65 bits per heavy atom. The number of halogens is 2. The molecule has 0 aromatic heterocycles. The molecule has 1 heterocycles. The maximum Gasteiger partial charge on any atom is 0.410 e. The highest BCUT2D eigenvalue weighted by Gasteiger charge is 2.26. The van der Waals surface area contributed by atoms with Crippen molar-refractivity contribution in [3.05, 3.63) is 28.2 Å². The highest BCUT2D eigenvalue weighted by atomic mass is 35.5. The van der Waals surface area contributed by atoms with Crippen molar-refractivity contribution in [3.8, 4) is 0 Å². The summed E-state index contributed by atoms with van der Waals surface area (Å²) in [6, 6.07) is 4.93. The summed E-state index contributed by atoms with van der Waals surface area (Å²) in [5, 5.41) is 3.73. The number of hydrogen-bond acceptors (Lipinski definition) is 3. The minimum atomic E-state index is -0.290. The molecule has 23 heavy (non-hydrogen) atoms. The lowest BCUT2D eigenvalue weighted by atomic mass is 10.3. The summed E-state index contributed by atoms with van der Waals surface area (Å²) in [7, 11) is 0. The molecule has 0 saturated carbocycles. The van der Waals surface area contributed by atoms with Gasteiger partial charge in [0, 0.05) is 5.02 Å². The molecular formula is C15H20Cl2N3O3+. The lowest BCUT2D eigenvalue weighted by molar-refractivity contribution is -0.895. The number of quaternary nitrogens is 1. The maximum atomic E-state index is 12.1. The number of rotatable bonds is 4. The molecule has 1 fully saturated rings. The Labute approximate surface area is 145 Å². The van der Waals surface area contributed by atoms with E-state index in [0.717, 1.165) is 4.90 Å². The standard InChI is InChI=1S/C15H19Cl2N3O3/c1-2-23-15(22)20-7-5-19(6-8-20)10-14(21)18-13-9-11(16)3-4-12(13)17/h3-4,9H,2,5-8,10H2,1H3,(H,18,21)/p+1. The zero-order valence-corrected chi connectivity index (χ0v) is 14.4. The summed E-state index contributed by atoms with van der Waals surface area (Å²) >= 11 is 11.9. The topological polar surface area (TPSA) is 63.1 Å². The smallest absolute Gasteiger partial charge is 0.410 e. The SMILES string of the molecule is CCOC(=O)N1CC[NH+](CC(=O)Nc2cc(Cl)ccc2Cl)CC1. The van der Waals surface area contributed by atoms with Crippen molar-refractivity contribution in [1.82, 2.24) is 4.90 Å². The van der Waals surface area contributed by atoms with E-state index in [9.17, 15) is 9.59 Å². The molecule has 1 aliphatic heterocycles. The third-order valence-corrected chi connectivity index (χ3v) is 4.17. The molecule has 2 amide bonds. The molecule has 0 spiro atoms. The third kappa shape index (κ3) is 5.27. The first-order valence-corrected chi connectivity index (χ1v) is 8.25. The second-order valence-corrected chi connectivity index (χ2v) is 6.13. The molecule has 0 bridgehead atoms. The second-order valence-electron chi connectivity index (χ2n) is 5.29. The molecule has 1 saturated heterocycles. The normalized spacial score (nSPS) is 15.3. The lowest BCUT2D eigenvalue weighted by Gasteiger charge is -2.31. The molecular weight excluding hydrogens is 341 g/mol. The summed E-state index contributed by atoms with van der Waals surface area (Å²) in [5.74, 6) is -0.131. The average molecular weight is 361 g/mol. The van der Waals surface area contributed by atoms with Crippen molar-refractivity contribution in [2.24, 2.45) is 0 Å². The maximum absolute atomic E-state index is 12.1. The molecule has 1 aromatic carbocycles. The fourth-order valence-electron chi connectivity index (χ4n) is 2.41. The van der Waals surface area contributed by atoms with Gasteiger partial charge in [0.05, 0.1) is 43.5 Å². The van der Waals surface area contributed by atoms with Crippen LogP contribution in [0.1, 0.15) is 6.92 Å². The Morgan fingerprint density at radius 1 is 1.30 bits per heavy atom. The van der Waals surface area contributed by atoms with Crippen LogP contribution in [0.2, 0.25) is 10.0 Å². The quantitative estimate of drug-likeness (QED) is 0.850. The monoisotopic (exact) mass is 360 g/mol. The Morgan fingerprint density at radius 2 is 2.00 bits per heavy atom. The molecule has 2 N–H and O–H groups in total. The van der Waals surface area contributed by atoms with Crippen LogP contribution in [-0.4, -0.2) is 56.2 Å². The number of piperazine rings is 1. The van der Waals surface area contributed by atoms with Crippen molar-refractivity contribution < 1.29 is 19.2 Å². The van der Waals surface area contributed by atoms with Crippen LogP contribution in [0.3, 0.4) is 0 Å². The highest BCUT2D eigenvalue weighted by molar-refractivity contribution is 6.35. The predicted molar refractivity (Wildman–Crippen MR) is 89.3 cm³/mol. The second kappa shape index (κ2) is 8.38. The number of anilines is 1. The van der Waals surface area contributed by atoms with Crippen LogP contribution < -0.4 is 10.2 Å². The number of hydrogen-bond donors (Lipinski definition) is 2. The number of carbonyl (C=O) groups is 2. The van der Waals surface area contributed by atoms with Gasteiger partial charge in [-0.25, -0.2) is 4.79 Å². The fourth-order valence-corrected chi connectivity index (χ4v) is 2.75. The molecule has 0 aliphatic carbocycles. The average Bonchev–Trinajstić information content (AvgIpc) is 2.52. The summed E-state index contributed by atoms with van der Waals surface area (Å²) in [5.41, 5.74) is 0.508. The molecule has 0 radical (unpaired) electrons. The predicted octanol–water partition coefficient (Wildman–Crippen LogP) is 1.29. The van der Waals surface area contributed by atoms with E-state index in [1.54, 1.807) is 30.0 Å². The third-order valence-electron chi connectivity index (χ3n) is 3.61. The Hall–Kier alpha value is -1.50. The van der Waals surface area contributed by atoms with Gasteiger partial charge in [-0.15, -0.1) is 0 Å². The molecule has 6 nitrogen and oxygen atoms in total. The number of nitrogens with one attached hydrogen (secondary N) is 2. The largest absolute Gasteiger partial charge is 0.450 e. The van der Waals surface area contributed by atoms with Gasteiger partial charge in [-0.3, -0.25) is 9.69 Å².